The predicted octanol–water partition coefficient (Wildman–Crippen LogP) is 4.19. The van der Waals surface area contributed by atoms with Crippen molar-refractivity contribution >= 4 is 11.8 Å². The van der Waals surface area contributed by atoms with Crippen LogP contribution in [0.25, 0.3) is 11.3 Å². The van der Waals surface area contributed by atoms with Crippen molar-refractivity contribution in [2.24, 2.45) is 0 Å². The topological polar surface area (TPSA) is 62.1 Å². The lowest BCUT2D eigenvalue weighted by molar-refractivity contribution is 0.0504. The molecule has 1 aromatic heterocycles. The van der Waals surface area contributed by atoms with Crippen LogP contribution in [0.1, 0.15) is 28.8 Å². The molecule has 2 fully saturated rings. The van der Waals surface area contributed by atoms with E-state index in [1.807, 2.05) is 0 Å². The van der Waals surface area contributed by atoms with E-state index in [1.165, 1.54) is 24.3 Å². The molecule has 0 saturated carbocycles. The van der Waals surface area contributed by atoms with Crippen LogP contribution in [0.4, 0.5) is 14.7 Å². The molecule has 0 radical (unpaired) electrons. The first kappa shape index (κ1) is 24.4. The zero-order valence-electron chi connectivity index (χ0n) is 20.3. The van der Waals surface area contributed by atoms with Crippen molar-refractivity contribution in [3.05, 3.63) is 71.3 Å². The molecule has 1 atom stereocenters. The van der Waals surface area contributed by atoms with Gasteiger partial charge in [-0.3, -0.25) is 4.79 Å². The van der Waals surface area contributed by atoms with E-state index in [-0.39, 0.29) is 24.0 Å². The second kappa shape index (κ2) is 10.8. The maximum absolute atomic E-state index is 14.6. The number of piperazine rings is 1. The molecular formula is C27H30F2N4O3. The minimum atomic E-state index is -0.566. The summed E-state index contributed by atoms with van der Waals surface area (Å²) in [5.41, 5.74) is 1.96. The molecule has 0 spiro atoms. The molecular weight excluding hydrogens is 466 g/mol. The fourth-order valence-electron chi connectivity index (χ4n) is 4.78. The minimum absolute atomic E-state index is 0.0106. The molecule has 3 heterocycles. The number of anilines is 1. The van der Waals surface area contributed by atoms with Crippen molar-refractivity contribution in [3.8, 4) is 11.3 Å². The molecule has 0 N–H and O–H groups in total. The standard InChI is InChI=1S/C27H30F2N4O3/c1-31-12-14-32(15-13-31)27-23(25(30-36-27)19-8-10-20(28)11-9-19)18-33(17-21-5-4-16-35-21)26(34)22-6-2-3-7-24(22)29/h2-3,6-11,21H,4-5,12-18H2,1H3/t21-/m1/s1. The van der Waals surface area contributed by atoms with Gasteiger partial charge >= 0.3 is 0 Å². The second-order valence-electron chi connectivity index (χ2n) is 9.41. The fourth-order valence-corrected chi connectivity index (χ4v) is 4.78. The van der Waals surface area contributed by atoms with Crippen LogP contribution in [-0.2, 0) is 11.3 Å². The van der Waals surface area contributed by atoms with Crippen LogP contribution in [0.3, 0.4) is 0 Å². The predicted molar refractivity (Wildman–Crippen MR) is 132 cm³/mol. The zero-order chi connectivity index (χ0) is 25.1. The van der Waals surface area contributed by atoms with E-state index in [2.05, 4.69) is 22.0 Å². The molecule has 9 heteroatoms. The number of rotatable bonds is 7. The van der Waals surface area contributed by atoms with Crippen molar-refractivity contribution in [1.82, 2.24) is 15.0 Å². The van der Waals surface area contributed by atoms with Crippen LogP contribution in [0, 0.1) is 11.6 Å². The van der Waals surface area contributed by atoms with Crippen molar-refractivity contribution in [2.75, 3.05) is 51.3 Å². The third kappa shape index (κ3) is 5.27. The van der Waals surface area contributed by atoms with E-state index >= 15 is 0 Å². The largest absolute Gasteiger partial charge is 0.376 e. The van der Waals surface area contributed by atoms with Crippen molar-refractivity contribution < 1.29 is 22.8 Å². The Kier molecular flexibility index (Phi) is 7.29. The average molecular weight is 497 g/mol. The molecule has 5 rings (SSSR count). The highest BCUT2D eigenvalue weighted by atomic mass is 19.1. The lowest BCUT2D eigenvalue weighted by Gasteiger charge is -2.33. The van der Waals surface area contributed by atoms with E-state index < -0.39 is 11.7 Å². The number of likely N-dealkylation sites (N-methyl/N-ethyl adjacent to an activating group) is 1. The molecule has 190 valence electrons. The highest BCUT2D eigenvalue weighted by molar-refractivity contribution is 5.94. The molecule has 2 aliphatic rings. The first-order chi connectivity index (χ1) is 17.5. The first-order valence-electron chi connectivity index (χ1n) is 12.3. The molecule has 0 aliphatic carbocycles. The normalized spacial score (nSPS) is 18.5. The van der Waals surface area contributed by atoms with Crippen LogP contribution < -0.4 is 4.90 Å². The van der Waals surface area contributed by atoms with Gasteiger partial charge in [-0.15, -0.1) is 0 Å². The van der Waals surface area contributed by atoms with Gasteiger partial charge in [-0.2, -0.15) is 0 Å². The summed E-state index contributed by atoms with van der Waals surface area (Å²) in [4.78, 5) is 19.6. The van der Waals surface area contributed by atoms with Crippen molar-refractivity contribution in [3.63, 3.8) is 0 Å². The number of carbonyl (C=O) groups is 1. The molecule has 2 saturated heterocycles. The highest BCUT2D eigenvalue weighted by Crippen LogP contribution is 2.34. The number of hydrogen-bond acceptors (Lipinski definition) is 6. The average Bonchev–Trinajstić information content (AvgIpc) is 3.55. The SMILES string of the molecule is CN1CCN(c2onc(-c3ccc(F)cc3)c2CN(C[C@H]2CCCO2)C(=O)c2ccccc2F)CC1. The van der Waals surface area contributed by atoms with E-state index in [0.29, 0.717) is 35.9 Å². The van der Waals surface area contributed by atoms with Gasteiger partial charge in [0, 0.05) is 44.9 Å². The van der Waals surface area contributed by atoms with Gasteiger partial charge < -0.3 is 24.0 Å². The summed E-state index contributed by atoms with van der Waals surface area (Å²) in [6.07, 6.45) is 1.63. The third-order valence-electron chi connectivity index (χ3n) is 6.86. The monoisotopic (exact) mass is 496 g/mol. The Bertz CT molecular complexity index is 1190. The second-order valence-corrected chi connectivity index (χ2v) is 9.41. The minimum Gasteiger partial charge on any atom is -0.376 e. The highest BCUT2D eigenvalue weighted by Gasteiger charge is 2.31. The van der Waals surface area contributed by atoms with Gasteiger partial charge in [0.2, 0.25) is 5.88 Å². The molecule has 2 aromatic carbocycles. The molecule has 2 aliphatic heterocycles. The van der Waals surface area contributed by atoms with Gasteiger partial charge in [0.15, 0.2) is 0 Å². The van der Waals surface area contributed by atoms with E-state index in [1.54, 1.807) is 29.2 Å². The number of amides is 1. The maximum Gasteiger partial charge on any atom is 0.257 e. The van der Waals surface area contributed by atoms with E-state index in [9.17, 15) is 13.6 Å². The van der Waals surface area contributed by atoms with Gasteiger partial charge in [-0.1, -0.05) is 17.3 Å². The number of halogens is 2. The van der Waals surface area contributed by atoms with Crippen molar-refractivity contribution in [2.45, 2.75) is 25.5 Å². The van der Waals surface area contributed by atoms with Crippen LogP contribution in [0.5, 0.6) is 0 Å². The molecule has 36 heavy (non-hydrogen) atoms. The number of benzene rings is 2. The van der Waals surface area contributed by atoms with E-state index in [0.717, 1.165) is 39.0 Å². The molecule has 0 unspecified atom stereocenters. The van der Waals surface area contributed by atoms with Crippen molar-refractivity contribution in [1.29, 1.82) is 0 Å². The molecule has 3 aromatic rings. The number of aromatic nitrogens is 1. The van der Waals surface area contributed by atoms with Crippen LogP contribution in [0.15, 0.2) is 53.1 Å². The summed E-state index contributed by atoms with van der Waals surface area (Å²) in [6.45, 7) is 4.34. The number of carbonyl (C=O) groups excluding carboxylic acids is 1. The van der Waals surface area contributed by atoms with Gasteiger partial charge in [0.1, 0.15) is 17.3 Å². The summed E-state index contributed by atoms with van der Waals surface area (Å²) in [5.74, 6) is -0.749. The Morgan fingerprint density at radius 2 is 1.83 bits per heavy atom. The summed E-state index contributed by atoms with van der Waals surface area (Å²) >= 11 is 0. The zero-order valence-corrected chi connectivity index (χ0v) is 20.3. The molecule has 0 bridgehead atoms. The summed E-state index contributed by atoms with van der Waals surface area (Å²) < 4.78 is 39.9. The first-order valence-corrected chi connectivity index (χ1v) is 12.3. The maximum atomic E-state index is 14.6. The Labute approximate surface area is 209 Å². The van der Waals surface area contributed by atoms with Gasteiger partial charge in [-0.05, 0) is 56.3 Å². The number of ether oxygens (including phenoxy) is 1. The Morgan fingerprint density at radius 3 is 2.53 bits per heavy atom. The lowest BCUT2D eigenvalue weighted by Crippen LogP contribution is -2.45. The Morgan fingerprint density at radius 1 is 1.08 bits per heavy atom. The number of nitrogens with zero attached hydrogens (tertiary/aromatic N) is 4. The fraction of sp³-hybridized carbons (Fsp3) is 0.407. The van der Waals surface area contributed by atoms with Crippen LogP contribution >= 0.6 is 0 Å². The summed E-state index contributed by atoms with van der Waals surface area (Å²) in [6, 6.07) is 12.0. The van der Waals surface area contributed by atoms with Gasteiger partial charge in [0.25, 0.3) is 5.91 Å². The summed E-state index contributed by atoms with van der Waals surface area (Å²) in [7, 11) is 2.07. The van der Waals surface area contributed by atoms with Gasteiger partial charge in [0.05, 0.1) is 23.8 Å². The Balaban J connectivity index is 1.53. The number of hydrogen-bond donors (Lipinski definition) is 0. The lowest BCUT2D eigenvalue weighted by atomic mass is 10.0. The van der Waals surface area contributed by atoms with Crippen LogP contribution in [-0.4, -0.2) is 73.3 Å². The third-order valence-corrected chi connectivity index (χ3v) is 6.86. The van der Waals surface area contributed by atoms with Crippen LogP contribution in [0.2, 0.25) is 0 Å². The van der Waals surface area contributed by atoms with Gasteiger partial charge in [-0.25, -0.2) is 8.78 Å². The molecule has 7 nitrogen and oxygen atoms in total. The quantitative estimate of drug-likeness (QED) is 0.489. The summed E-state index contributed by atoms with van der Waals surface area (Å²) in [5, 5.41) is 4.35. The Hall–Kier alpha value is -3.30. The molecule has 1 amide bonds. The smallest absolute Gasteiger partial charge is 0.257 e. The van der Waals surface area contributed by atoms with E-state index in [4.69, 9.17) is 9.26 Å².